The molecule has 0 heterocycles. The average Bonchev–Trinajstić information content (AvgIpc) is 2.44. The SMILES string of the molecule is Nc1c(O)ccc(C(=O)C(=O)c2ccccc2)c1N. The van der Waals surface area contributed by atoms with E-state index < -0.39 is 11.6 Å². The fourth-order valence-corrected chi connectivity index (χ4v) is 1.67. The number of carbonyl (C=O) groups is 2. The summed E-state index contributed by atoms with van der Waals surface area (Å²) in [5.74, 6) is -1.64. The van der Waals surface area contributed by atoms with E-state index in [2.05, 4.69) is 0 Å². The topological polar surface area (TPSA) is 106 Å². The average molecular weight is 256 g/mol. The molecule has 5 nitrogen and oxygen atoms in total. The standard InChI is InChI=1S/C14H12N2O3/c15-11-9(6-7-10(17)12(11)16)14(19)13(18)8-4-2-1-3-5-8/h1-7,17H,15-16H2. The fraction of sp³-hybridized carbons (Fsp3) is 0. The molecular formula is C14H12N2O3. The van der Waals surface area contributed by atoms with Gasteiger partial charge in [0.1, 0.15) is 5.75 Å². The lowest BCUT2D eigenvalue weighted by Gasteiger charge is -2.08. The number of benzene rings is 2. The zero-order valence-electron chi connectivity index (χ0n) is 9.96. The molecule has 2 rings (SSSR count). The van der Waals surface area contributed by atoms with Crippen molar-refractivity contribution >= 4 is 22.9 Å². The van der Waals surface area contributed by atoms with Gasteiger partial charge in [-0.2, -0.15) is 0 Å². The summed E-state index contributed by atoms with van der Waals surface area (Å²) < 4.78 is 0. The summed E-state index contributed by atoms with van der Waals surface area (Å²) in [5, 5.41) is 9.36. The predicted octanol–water partition coefficient (Wildman–Crippen LogP) is 1.62. The minimum Gasteiger partial charge on any atom is -0.506 e. The predicted molar refractivity (Wildman–Crippen MR) is 72.0 cm³/mol. The van der Waals surface area contributed by atoms with Crippen molar-refractivity contribution in [2.75, 3.05) is 11.5 Å². The first kappa shape index (κ1) is 12.6. The molecule has 0 aliphatic rings. The van der Waals surface area contributed by atoms with Crippen LogP contribution >= 0.6 is 0 Å². The number of rotatable bonds is 3. The third-order valence-electron chi connectivity index (χ3n) is 2.75. The number of Topliss-reactive ketones (excluding diaryl/α,β-unsaturated/α-hetero) is 2. The van der Waals surface area contributed by atoms with Crippen molar-refractivity contribution in [3.8, 4) is 5.75 Å². The molecule has 19 heavy (non-hydrogen) atoms. The number of nitrogen functional groups attached to an aromatic ring is 2. The van der Waals surface area contributed by atoms with Gasteiger partial charge < -0.3 is 16.6 Å². The number of hydrogen-bond acceptors (Lipinski definition) is 5. The Kier molecular flexibility index (Phi) is 3.20. The molecule has 0 spiro atoms. The van der Waals surface area contributed by atoms with E-state index >= 15 is 0 Å². The minimum atomic E-state index is -0.754. The molecule has 0 aromatic heterocycles. The van der Waals surface area contributed by atoms with Crippen molar-refractivity contribution in [2.45, 2.75) is 0 Å². The first-order chi connectivity index (χ1) is 9.02. The molecular weight excluding hydrogens is 244 g/mol. The normalized spacial score (nSPS) is 10.1. The van der Waals surface area contributed by atoms with Gasteiger partial charge in [0.05, 0.1) is 16.9 Å². The molecule has 0 radical (unpaired) electrons. The summed E-state index contributed by atoms with van der Waals surface area (Å²) in [6, 6.07) is 10.7. The smallest absolute Gasteiger partial charge is 0.235 e. The van der Waals surface area contributed by atoms with Crippen molar-refractivity contribution in [3.05, 3.63) is 53.6 Å². The summed E-state index contributed by atoms with van der Waals surface area (Å²) in [7, 11) is 0. The van der Waals surface area contributed by atoms with Gasteiger partial charge in [0, 0.05) is 5.56 Å². The molecule has 96 valence electrons. The van der Waals surface area contributed by atoms with Crippen molar-refractivity contribution in [2.24, 2.45) is 0 Å². The molecule has 2 aromatic carbocycles. The highest BCUT2D eigenvalue weighted by atomic mass is 16.3. The zero-order chi connectivity index (χ0) is 14.0. The van der Waals surface area contributed by atoms with Crippen LogP contribution in [0.25, 0.3) is 0 Å². The van der Waals surface area contributed by atoms with Gasteiger partial charge in [0.2, 0.25) is 11.6 Å². The highest BCUT2D eigenvalue weighted by Crippen LogP contribution is 2.30. The second kappa shape index (κ2) is 4.81. The molecule has 2 aromatic rings. The Morgan fingerprint density at radius 1 is 0.842 bits per heavy atom. The van der Waals surface area contributed by atoms with Crippen LogP contribution in [0.2, 0.25) is 0 Å². The number of carbonyl (C=O) groups excluding carboxylic acids is 2. The van der Waals surface area contributed by atoms with Gasteiger partial charge >= 0.3 is 0 Å². The van der Waals surface area contributed by atoms with Crippen LogP contribution in [0.3, 0.4) is 0 Å². The molecule has 0 aliphatic carbocycles. The molecule has 0 aliphatic heterocycles. The van der Waals surface area contributed by atoms with E-state index in [1.807, 2.05) is 0 Å². The van der Waals surface area contributed by atoms with E-state index in [0.717, 1.165) is 0 Å². The van der Waals surface area contributed by atoms with Crippen molar-refractivity contribution in [3.63, 3.8) is 0 Å². The fourth-order valence-electron chi connectivity index (χ4n) is 1.67. The Bertz CT molecular complexity index is 651. The first-order valence-electron chi connectivity index (χ1n) is 5.53. The van der Waals surface area contributed by atoms with E-state index in [-0.39, 0.29) is 28.3 Å². The van der Waals surface area contributed by atoms with Crippen LogP contribution < -0.4 is 11.5 Å². The number of aromatic hydroxyl groups is 1. The van der Waals surface area contributed by atoms with E-state index in [1.165, 1.54) is 12.1 Å². The summed E-state index contributed by atoms with van der Waals surface area (Å²) in [6.45, 7) is 0. The third kappa shape index (κ3) is 2.26. The lowest BCUT2D eigenvalue weighted by atomic mass is 9.99. The highest BCUT2D eigenvalue weighted by Gasteiger charge is 2.22. The summed E-state index contributed by atoms with van der Waals surface area (Å²) in [6.07, 6.45) is 0. The quantitative estimate of drug-likeness (QED) is 0.335. The van der Waals surface area contributed by atoms with Crippen LogP contribution in [0.15, 0.2) is 42.5 Å². The van der Waals surface area contributed by atoms with Crippen molar-refractivity contribution in [1.82, 2.24) is 0 Å². The maximum Gasteiger partial charge on any atom is 0.235 e. The number of anilines is 2. The van der Waals surface area contributed by atoms with Gasteiger partial charge in [-0.05, 0) is 12.1 Å². The number of phenols is 1. The molecule has 0 fully saturated rings. The molecule has 5 heteroatoms. The molecule has 0 saturated heterocycles. The summed E-state index contributed by atoms with van der Waals surface area (Å²) >= 11 is 0. The number of ketones is 2. The highest BCUT2D eigenvalue weighted by molar-refractivity contribution is 6.50. The maximum absolute atomic E-state index is 12.1. The molecule has 0 atom stereocenters. The van der Waals surface area contributed by atoms with Crippen LogP contribution in [0.5, 0.6) is 5.75 Å². The second-order valence-corrected chi connectivity index (χ2v) is 3.98. The lowest BCUT2D eigenvalue weighted by molar-refractivity contribution is 0.0817. The largest absolute Gasteiger partial charge is 0.506 e. The van der Waals surface area contributed by atoms with Crippen LogP contribution in [-0.4, -0.2) is 16.7 Å². The zero-order valence-corrected chi connectivity index (χ0v) is 9.96. The Balaban J connectivity index is 2.41. The van der Waals surface area contributed by atoms with E-state index in [0.29, 0.717) is 0 Å². The summed E-state index contributed by atoms with van der Waals surface area (Å²) in [4.78, 5) is 24.0. The van der Waals surface area contributed by atoms with Crippen molar-refractivity contribution < 1.29 is 14.7 Å². The Hall–Kier alpha value is -2.82. The Labute approximate surface area is 109 Å². The molecule has 0 bridgehead atoms. The van der Waals surface area contributed by atoms with E-state index in [1.54, 1.807) is 30.3 Å². The molecule has 0 amide bonds. The van der Waals surface area contributed by atoms with Gasteiger partial charge in [0.25, 0.3) is 0 Å². The Morgan fingerprint density at radius 2 is 1.47 bits per heavy atom. The Morgan fingerprint density at radius 3 is 2.11 bits per heavy atom. The summed E-state index contributed by atoms with van der Waals surface area (Å²) in [5.41, 5.74) is 11.2. The molecule has 0 saturated carbocycles. The monoisotopic (exact) mass is 256 g/mol. The van der Waals surface area contributed by atoms with Gasteiger partial charge in [0.15, 0.2) is 0 Å². The first-order valence-corrected chi connectivity index (χ1v) is 5.53. The van der Waals surface area contributed by atoms with Crippen LogP contribution in [0.4, 0.5) is 11.4 Å². The van der Waals surface area contributed by atoms with E-state index in [9.17, 15) is 14.7 Å². The molecule has 0 unspecified atom stereocenters. The van der Waals surface area contributed by atoms with Crippen LogP contribution in [0.1, 0.15) is 20.7 Å². The van der Waals surface area contributed by atoms with E-state index in [4.69, 9.17) is 11.5 Å². The second-order valence-electron chi connectivity index (χ2n) is 3.98. The van der Waals surface area contributed by atoms with Crippen molar-refractivity contribution in [1.29, 1.82) is 0 Å². The minimum absolute atomic E-state index is 0.0100. The third-order valence-corrected chi connectivity index (χ3v) is 2.75. The van der Waals surface area contributed by atoms with Gasteiger partial charge in [-0.25, -0.2) is 0 Å². The lowest BCUT2D eigenvalue weighted by Crippen LogP contribution is -2.16. The van der Waals surface area contributed by atoms with Gasteiger partial charge in [-0.1, -0.05) is 30.3 Å². The van der Waals surface area contributed by atoms with Gasteiger partial charge in [-0.3, -0.25) is 9.59 Å². The maximum atomic E-state index is 12.1. The van der Waals surface area contributed by atoms with Crippen LogP contribution in [-0.2, 0) is 0 Å². The number of nitrogens with two attached hydrogens (primary N) is 2. The van der Waals surface area contributed by atoms with Gasteiger partial charge in [-0.15, -0.1) is 0 Å². The number of hydrogen-bond donors (Lipinski definition) is 3. The molecule has 5 N–H and O–H groups in total. The number of phenolic OH excluding ortho intramolecular Hbond substituents is 1. The van der Waals surface area contributed by atoms with Crippen LogP contribution in [0, 0.1) is 0 Å².